The highest BCUT2D eigenvalue weighted by Gasteiger charge is 2.41. The van der Waals surface area contributed by atoms with Crippen LogP contribution in [-0.2, 0) is 72.3 Å². The number of nitrogens with two attached hydrogens (primary N) is 8. The molecule has 0 radical (unpaired) electrons. The van der Waals surface area contributed by atoms with Gasteiger partial charge in [0, 0.05) is 103 Å². The summed E-state index contributed by atoms with van der Waals surface area (Å²) in [5, 5.41) is 22.1. The number of primary amides is 1. The normalized spacial score (nSPS) is 15.9. The van der Waals surface area contributed by atoms with Crippen LogP contribution in [0.3, 0.4) is 0 Å². The largest absolute Gasteiger partial charge is 0.370 e. The molecule has 26 N–H and O–H groups in total. The van der Waals surface area contributed by atoms with E-state index in [1.54, 1.807) is 27.3 Å². The maximum Gasteiger partial charge on any atom is 0.272 e. The molecule has 5 aromatic heterocycles. The maximum absolute atomic E-state index is 14.6. The second-order valence-electron chi connectivity index (χ2n) is 25.3. The van der Waals surface area contributed by atoms with Gasteiger partial charge in [-0.05, 0) is 121 Å². The summed E-state index contributed by atoms with van der Waals surface area (Å²) in [6.45, 7) is 1.35. The fourth-order valence-electron chi connectivity index (χ4n) is 12.1. The van der Waals surface area contributed by atoms with Crippen LogP contribution in [0.1, 0.15) is 133 Å². The molecule has 2 fully saturated rings. The van der Waals surface area contributed by atoms with Gasteiger partial charge in [-0.3, -0.25) is 62.7 Å². The minimum Gasteiger partial charge on any atom is -0.370 e. The zero-order valence-electron chi connectivity index (χ0n) is 57.6. The van der Waals surface area contributed by atoms with Gasteiger partial charge in [0.05, 0.1) is 35.8 Å². The minimum absolute atomic E-state index is 0.0361. The molecule has 38 heteroatoms. The lowest BCUT2D eigenvalue weighted by Crippen LogP contribution is -2.58. The van der Waals surface area contributed by atoms with Crippen molar-refractivity contribution in [1.82, 2.24) is 70.0 Å². The molecule has 2 aliphatic rings. The molecule has 0 bridgehead atoms. The van der Waals surface area contributed by atoms with Gasteiger partial charge in [0.1, 0.15) is 59.4 Å². The standard InChI is InChI=1S/C64H97N27O11/c1-87-31-38(79-53(93)43(13-5-7-19-66)83-55(95)45(15-9-21-76-64(71)72)85-56(96)47-16-10-22-90(47)61(101)41(67)24-36-29-73-34-77-36)26-49(87)58(98)80-39-27-50(88(2)32-39)59(99)81-40-28-51(89(3)33-40)60(100)86-46(25-37-30-74-35-78-37)62(102)91-23-11-17-48(91)57(97)84-44(14-8-20-75-63(69)70)54(94)82-42(52(68)92)12-4-6-18-65/h26-35,41-48H,4-25,65-67H2,1-3H3,(H2,68,92)(H,73,77)(H,74,78)(H,79,93)(H,80,98)(H,81,99)(H,82,94)(H,83,95)(H,84,97)(H,85,96)(H,86,100)(H4,69,70,75)(H4,71,72,76)/t41-,42-,43-,44-,45-,46-,47-,48-/m0/s1. The van der Waals surface area contributed by atoms with Gasteiger partial charge in [0.25, 0.3) is 17.7 Å². The van der Waals surface area contributed by atoms with Gasteiger partial charge in [-0.1, -0.05) is 0 Å². The first kappa shape index (κ1) is 78.2. The average Bonchev–Trinajstić information content (AvgIpc) is 1.64. The third kappa shape index (κ3) is 22.4. The molecule has 7 rings (SSSR count). The van der Waals surface area contributed by atoms with E-state index in [9.17, 15) is 52.7 Å². The Morgan fingerprint density at radius 3 is 1.35 bits per heavy atom. The van der Waals surface area contributed by atoms with Crippen molar-refractivity contribution in [2.45, 2.75) is 151 Å². The fourth-order valence-corrected chi connectivity index (χ4v) is 12.1. The van der Waals surface area contributed by atoms with Crippen LogP contribution in [-0.4, -0.2) is 208 Å². The van der Waals surface area contributed by atoms with Gasteiger partial charge in [-0.15, -0.1) is 0 Å². The zero-order chi connectivity index (χ0) is 74.2. The van der Waals surface area contributed by atoms with E-state index in [0.29, 0.717) is 69.4 Å². The highest BCUT2D eigenvalue weighted by molar-refractivity contribution is 6.08. The Morgan fingerprint density at radius 1 is 0.500 bits per heavy atom. The number of rotatable bonds is 39. The molecule has 7 heterocycles. The third-order valence-corrected chi connectivity index (χ3v) is 17.4. The lowest BCUT2D eigenvalue weighted by molar-refractivity contribution is -0.141. The summed E-state index contributed by atoms with van der Waals surface area (Å²) < 4.78 is 4.38. The van der Waals surface area contributed by atoms with Crippen LogP contribution in [0.2, 0.25) is 0 Å². The van der Waals surface area contributed by atoms with Crippen molar-refractivity contribution in [1.29, 1.82) is 0 Å². The Bertz CT molecular complexity index is 3770. The predicted octanol–water partition coefficient (Wildman–Crippen LogP) is -3.73. The molecule has 102 heavy (non-hydrogen) atoms. The highest BCUT2D eigenvalue weighted by atomic mass is 16.2. The molecule has 8 atom stereocenters. The second-order valence-corrected chi connectivity index (χ2v) is 25.3. The number of hydrogen-bond donors (Lipinski definition) is 18. The number of likely N-dealkylation sites (tertiary alicyclic amines) is 2. The van der Waals surface area contributed by atoms with Crippen molar-refractivity contribution >= 4 is 94.0 Å². The number of imidazole rings is 2. The number of unbranched alkanes of at least 4 members (excludes halogenated alkanes) is 2. The first-order valence-electron chi connectivity index (χ1n) is 33.8. The molecule has 0 spiro atoms. The number of H-pyrrole nitrogens is 2. The molecule has 0 aromatic carbocycles. The number of nitrogens with one attached hydrogen (secondary N) is 10. The Balaban J connectivity index is 0.976. The van der Waals surface area contributed by atoms with Gasteiger partial charge in [0.15, 0.2) is 11.9 Å². The molecule has 38 nitrogen and oxygen atoms in total. The zero-order valence-corrected chi connectivity index (χ0v) is 57.6. The van der Waals surface area contributed by atoms with E-state index < -0.39 is 113 Å². The number of anilines is 3. The number of aromatic nitrogens is 7. The molecule has 5 aromatic rings. The number of hydrogen-bond acceptors (Lipinski definition) is 18. The van der Waals surface area contributed by atoms with E-state index >= 15 is 0 Å². The smallest absolute Gasteiger partial charge is 0.272 e. The van der Waals surface area contributed by atoms with Crippen molar-refractivity contribution in [2.75, 3.05) is 55.2 Å². The first-order valence-corrected chi connectivity index (χ1v) is 33.8. The number of carbonyl (C=O) groups excluding carboxylic acids is 11. The van der Waals surface area contributed by atoms with E-state index in [2.05, 4.69) is 72.5 Å². The van der Waals surface area contributed by atoms with Crippen LogP contribution in [0.15, 0.2) is 71.8 Å². The van der Waals surface area contributed by atoms with E-state index in [4.69, 9.17) is 45.9 Å². The fraction of sp³-hybridized carbons (Fsp3) is 0.516. The van der Waals surface area contributed by atoms with Crippen molar-refractivity contribution in [2.24, 2.45) is 77.0 Å². The van der Waals surface area contributed by atoms with Crippen LogP contribution in [0.5, 0.6) is 0 Å². The van der Waals surface area contributed by atoms with Crippen molar-refractivity contribution in [3.05, 3.63) is 90.3 Å². The number of aryl methyl sites for hydroxylation is 3. The number of aliphatic imine (C=N–C) groups is 2. The molecule has 2 saturated heterocycles. The number of carbonyl (C=O) groups is 11. The Labute approximate surface area is 588 Å². The summed E-state index contributed by atoms with van der Waals surface area (Å²) in [6, 6.07) is -4.51. The average molecular weight is 1420 g/mol. The summed E-state index contributed by atoms with van der Waals surface area (Å²) in [4.78, 5) is 177. The van der Waals surface area contributed by atoms with Crippen LogP contribution in [0, 0.1) is 0 Å². The lowest BCUT2D eigenvalue weighted by Gasteiger charge is -2.30. The summed E-state index contributed by atoms with van der Waals surface area (Å²) in [6.07, 6.45) is 15.0. The van der Waals surface area contributed by atoms with E-state index in [0.717, 1.165) is 0 Å². The monoisotopic (exact) mass is 1420 g/mol. The molecule has 11 amide bonds. The van der Waals surface area contributed by atoms with Crippen molar-refractivity contribution in [3.8, 4) is 0 Å². The second kappa shape index (κ2) is 37.9. The van der Waals surface area contributed by atoms with E-state index in [-0.39, 0.29) is 130 Å². The molecule has 554 valence electrons. The van der Waals surface area contributed by atoms with Crippen molar-refractivity contribution < 1.29 is 52.7 Å². The van der Waals surface area contributed by atoms with Crippen molar-refractivity contribution in [3.63, 3.8) is 0 Å². The Morgan fingerprint density at radius 2 is 0.912 bits per heavy atom. The lowest BCUT2D eigenvalue weighted by atomic mass is 10.1. The number of guanidine groups is 2. The summed E-state index contributed by atoms with van der Waals surface area (Å²) >= 11 is 0. The number of nitrogens with zero attached hydrogens (tertiary/aromatic N) is 9. The molecular weight excluding hydrogens is 1320 g/mol. The van der Waals surface area contributed by atoms with E-state index in [1.165, 1.54) is 79.1 Å². The predicted molar refractivity (Wildman–Crippen MR) is 377 cm³/mol. The topological polar surface area (TPSA) is 596 Å². The highest BCUT2D eigenvalue weighted by Crippen LogP contribution is 2.25. The number of amides is 11. The summed E-state index contributed by atoms with van der Waals surface area (Å²) in [7, 11) is 4.72. The molecule has 0 saturated carbocycles. The first-order chi connectivity index (χ1) is 48.7. The third-order valence-electron chi connectivity index (χ3n) is 17.4. The minimum atomic E-state index is -1.26. The molecular formula is C64H97N27O11. The summed E-state index contributed by atoms with van der Waals surface area (Å²) in [5.41, 5.74) is 47.4. The van der Waals surface area contributed by atoms with Gasteiger partial charge in [-0.2, -0.15) is 0 Å². The van der Waals surface area contributed by atoms with Crippen LogP contribution < -0.4 is 88.4 Å². The van der Waals surface area contributed by atoms with E-state index in [1.807, 2.05) is 0 Å². The summed E-state index contributed by atoms with van der Waals surface area (Å²) in [5.74, 6) is -7.33. The number of aromatic amines is 2. The molecule has 2 aliphatic heterocycles. The molecule has 0 unspecified atom stereocenters. The van der Waals surface area contributed by atoms with Crippen LogP contribution in [0.4, 0.5) is 17.1 Å². The van der Waals surface area contributed by atoms with Gasteiger partial charge in [-0.25, -0.2) is 9.97 Å². The Hall–Kier alpha value is -11.1. The van der Waals surface area contributed by atoms with Gasteiger partial charge < -0.3 is 122 Å². The quantitative estimate of drug-likeness (QED) is 0.0102. The van der Waals surface area contributed by atoms with Crippen LogP contribution >= 0.6 is 0 Å². The van der Waals surface area contributed by atoms with Gasteiger partial charge >= 0.3 is 0 Å². The van der Waals surface area contributed by atoms with Gasteiger partial charge in [0.2, 0.25) is 47.3 Å². The SMILES string of the molecule is Cn1cc(NC(=O)c2cc(NC(=O)[C@H](CCCCN)NC(=O)[C@H](CCCN=C(N)N)NC(=O)[C@@H]3CCCN3C(=O)[C@@H](N)Cc3cnc[nH]3)cn2C)cc1C(=O)Nc1cc(C(=O)N[C@@H](Cc2cnc[nH]2)C(=O)N2CCC[C@H]2C(=O)N[C@@H](CCCN=C(N)N)C(=O)N[C@@H](CCCCN)C(N)=O)n(C)c1. The molecule has 0 aliphatic carbocycles. The maximum atomic E-state index is 14.6. The van der Waals surface area contributed by atoms with Crippen LogP contribution in [0.25, 0.3) is 0 Å². The Kier molecular flexibility index (Phi) is 29.0.